The van der Waals surface area contributed by atoms with Gasteiger partial charge in [-0.15, -0.1) is 0 Å². The summed E-state index contributed by atoms with van der Waals surface area (Å²) in [5.74, 6) is 6.60. The maximum absolute atomic E-state index is 11.9. The number of carbonyl (C=O) groups is 1. The fourth-order valence-electron chi connectivity index (χ4n) is 2.07. The van der Waals surface area contributed by atoms with Crippen molar-refractivity contribution in [2.75, 3.05) is 5.32 Å². The maximum atomic E-state index is 11.9. The van der Waals surface area contributed by atoms with Gasteiger partial charge in [0.05, 0.1) is 6.26 Å². The van der Waals surface area contributed by atoms with E-state index in [4.69, 9.17) is 4.42 Å². The zero-order valence-electron chi connectivity index (χ0n) is 12.9. The van der Waals surface area contributed by atoms with E-state index >= 15 is 0 Å². The molecular weight excluding hydrogens is 298 g/mol. The van der Waals surface area contributed by atoms with E-state index in [1.807, 2.05) is 54.6 Å². The summed E-state index contributed by atoms with van der Waals surface area (Å²) in [7, 11) is 0. The third kappa shape index (κ3) is 4.49. The van der Waals surface area contributed by atoms with Crippen molar-refractivity contribution in [2.45, 2.75) is 0 Å². The van der Waals surface area contributed by atoms with Crippen molar-refractivity contribution in [1.29, 1.82) is 0 Å². The van der Waals surface area contributed by atoms with Gasteiger partial charge in [0.2, 0.25) is 5.91 Å². The predicted molar refractivity (Wildman–Crippen MR) is 95.2 cm³/mol. The zero-order chi connectivity index (χ0) is 16.6. The lowest BCUT2D eigenvalue weighted by Crippen LogP contribution is -2.07. The number of hydrogen-bond acceptors (Lipinski definition) is 2. The second kappa shape index (κ2) is 7.66. The van der Waals surface area contributed by atoms with E-state index in [-0.39, 0.29) is 5.91 Å². The van der Waals surface area contributed by atoms with Crippen LogP contribution in [0.25, 0.3) is 6.08 Å². The Labute approximate surface area is 140 Å². The third-order valence-corrected chi connectivity index (χ3v) is 3.20. The summed E-state index contributed by atoms with van der Waals surface area (Å²) in [4.78, 5) is 11.9. The topological polar surface area (TPSA) is 42.2 Å². The predicted octanol–water partition coefficient (Wildman–Crippen LogP) is 4.33. The summed E-state index contributed by atoms with van der Waals surface area (Å²) in [5, 5.41) is 2.81. The molecule has 3 rings (SSSR count). The molecule has 0 aliphatic rings. The first-order valence-electron chi connectivity index (χ1n) is 7.49. The Bertz CT molecular complexity index is 898. The molecule has 116 valence electrons. The van der Waals surface area contributed by atoms with Crippen LogP contribution in [0.15, 0.2) is 83.5 Å². The first kappa shape index (κ1) is 15.4. The molecule has 0 radical (unpaired) electrons. The van der Waals surface area contributed by atoms with Crippen LogP contribution in [-0.4, -0.2) is 5.91 Å². The molecule has 0 saturated heterocycles. The lowest BCUT2D eigenvalue weighted by atomic mass is 10.1. The van der Waals surface area contributed by atoms with Crippen LogP contribution in [0.3, 0.4) is 0 Å². The van der Waals surface area contributed by atoms with E-state index in [1.165, 1.54) is 6.08 Å². The molecule has 0 bridgehead atoms. The van der Waals surface area contributed by atoms with Gasteiger partial charge in [-0.25, -0.2) is 0 Å². The van der Waals surface area contributed by atoms with Crippen LogP contribution >= 0.6 is 0 Å². The van der Waals surface area contributed by atoms with E-state index in [1.54, 1.807) is 24.5 Å². The smallest absolute Gasteiger partial charge is 0.248 e. The molecule has 3 heteroatoms. The van der Waals surface area contributed by atoms with Crippen molar-refractivity contribution < 1.29 is 9.21 Å². The second-order valence-electron chi connectivity index (χ2n) is 5.03. The monoisotopic (exact) mass is 313 g/mol. The summed E-state index contributed by atoms with van der Waals surface area (Å²) < 4.78 is 5.14. The molecule has 0 aliphatic carbocycles. The average Bonchev–Trinajstić information content (AvgIpc) is 3.13. The number of anilines is 1. The quantitative estimate of drug-likeness (QED) is 0.577. The van der Waals surface area contributed by atoms with Gasteiger partial charge in [-0.05, 0) is 48.5 Å². The van der Waals surface area contributed by atoms with E-state index in [0.29, 0.717) is 11.4 Å². The number of nitrogens with one attached hydrogen (secondary N) is 1. The van der Waals surface area contributed by atoms with Gasteiger partial charge in [0.15, 0.2) is 0 Å². The maximum Gasteiger partial charge on any atom is 0.248 e. The average molecular weight is 313 g/mol. The second-order valence-corrected chi connectivity index (χ2v) is 5.03. The zero-order valence-corrected chi connectivity index (χ0v) is 12.9. The van der Waals surface area contributed by atoms with E-state index in [9.17, 15) is 4.79 Å². The van der Waals surface area contributed by atoms with Crippen molar-refractivity contribution in [3.63, 3.8) is 0 Å². The minimum atomic E-state index is -0.223. The molecule has 0 atom stereocenters. The normalized spacial score (nSPS) is 10.2. The Kier molecular flexibility index (Phi) is 4.91. The van der Waals surface area contributed by atoms with Gasteiger partial charge in [-0.3, -0.25) is 4.79 Å². The van der Waals surface area contributed by atoms with E-state index in [2.05, 4.69) is 17.2 Å². The Morgan fingerprint density at radius 1 is 0.917 bits per heavy atom. The Morgan fingerprint density at radius 3 is 2.50 bits per heavy atom. The number of hydrogen-bond donors (Lipinski definition) is 1. The number of rotatable bonds is 3. The first-order chi connectivity index (χ1) is 11.8. The molecule has 3 nitrogen and oxygen atoms in total. The summed E-state index contributed by atoms with van der Waals surface area (Å²) in [6.07, 6.45) is 4.61. The standard InChI is InChI=1S/C21H15NO2/c23-21(14-13-20-10-5-15-24-20)22-19-9-4-8-18(16-19)12-11-17-6-2-1-3-7-17/h1-10,13-16H,(H,22,23)/b14-13+. The number of furan rings is 1. The highest BCUT2D eigenvalue weighted by atomic mass is 16.3. The van der Waals surface area contributed by atoms with Crippen molar-refractivity contribution >= 4 is 17.7 Å². The molecule has 1 N–H and O–H groups in total. The fourth-order valence-corrected chi connectivity index (χ4v) is 2.07. The van der Waals surface area contributed by atoms with Gasteiger partial charge in [0, 0.05) is 22.9 Å². The summed E-state index contributed by atoms with van der Waals surface area (Å²) >= 11 is 0. The van der Waals surface area contributed by atoms with Crippen LogP contribution in [0.1, 0.15) is 16.9 Å². The Balaban J connectivity index is 1.67. The molecule has 0 spiro atoms. The van der Waals surface area contributed by atoms with Gasteiger partial charge in [-0.2, -0.15) is 0 Å². The van der Waals surface area contributed by atoms with Crippen LogP contribution in [0.5, 0.6) is 0 Å². The molecule has 24 heavy (non-hydrogen) atoms. The minimum Gasteiger partial charge on any atom is -0.465 e. The molecule has 0 fully saturated rings. The van der Waals surface area contributed by atoms with Crippen LogP contribution in [0.4, 0.5) is 5.69 Å². The Hall–Kier alpha value is -3.51. The minimum absolute atomic E-state index is 0.223. The first-order valence-corrected chi connectivity index (χ1v) is 7.49. The highest BCUT2D eigenvalue weighted by Crippen LogP contribution is 2.11. The van der Waals surface area contributed by atoms with Gasteiger partial charge in [0.25, 0.3) is 0 Å². The van der Waals surface area contributed by atoms with Crippen molar-refractivity contribution in [1.82, 2.24) is 0 Å². The summed E-state index contributed by atoms with van der Waals surface area (Å²) in [6, 6.07) is 20.8. The summed E-state index contributed by atoms with van der Waals surface area (Å²) in [5.41, 5.74) is 2.49. The summed E-state index contributed by atoms with van der Waals surface area (Å²) in [6.45, 7) is 0. The van der Waals surface area contributed by atoms with Gasteiger partial charge < -0.3 is 9.73 Å². The number of amides is 1. The van der Waals surface area contributed by atoms with Crippen molar-refractivity contribution in [3.8, 4) is 11.8 Å². The van der Waals surface area contributed by atoms with Crippen LogP contribution in [-0.2, 0) is 4.79 Å². The van der Waals surface area contributed by atoms with Crippen molar-refractivity contribution in [3.05, 3.63) is 96.0 Å². The van der Waals surface area contributed by atoms with Crippen molar-refractivity contribution in [2.24, 2.45) is 0 Å². The number of carbonyl (C=O) groups excluding carboxylic acids is 1. The Morgan fingerprint density at radius 2 is 1.71 bits per heavy atom. The van der Waals surface area contributed by atoms with E-state index < -0.39 is 0 Å². The fraction of sp³-hybridized carbons (Fsp3) is 0. The van der Waals surface area contributed by atoms with Crippen LogP contribution in [0.2, 0.25) is 0 Å². The largest absolute Gasteiger partial charge is 0.465 e. The van der Waals surface area contributed by atoms with Gasteiger partial charge in [-0.1, -0.05) is 36.1 Å². The molecule has 0 unspecified atom stereocenters. The molecular formula is C21H15NO2. The van der Waals surface area contributed by atoms with Crippen LogP contribution < -0.4 is 5.32 Å². The third-order valence-electron chi connectivity index (χ3n) is 3.20. The number of benzene rings is 2. The highest BCUT2D eigenvalue weighted by molar-refractivity contribution is 6.01. The molecule has 1 aromatic heterocycles. The molecule has 2 aromatic carbocycles. The lowest BCUT2D eigenvalue weighted by Gasteiger charge is -2.02. The van der Waals surface area contributed by atoms with E-state index in [0.717, 1.165) is 11.1 Å². The molecule has 0 aliphatic heterocycles. The SMILES string of the molecule is O=C(/C=C/c1ccco1)Nc1cccc(C#Cc2ccccc2)c1. The van der Waals surface area contributed by atoms with Gasteiger partial charge in [0.1, 0.15) is 5.76 Å². The molecule has 0 saturated carbocycles. The highest BCUT2D eigenvalue weighted by Gasteiger charge is 1.99. The van der Waals surface area contributed by atoms with Gasteiger partial charge >= 0.3 is 0 Å². The lowest BCUT2D eigenvalue weighted by molar-refractivity contribution is -0.111. The van der Waals surface area contributed by atoms with Crippen LogP contribution in [0, 0.1) is 11.8 Å². The molecule has 1 heterocycles. The molecule has 1 amide bonds. The molecule has 3 aromatic rings.